The number of hydrogen-bond donors (Lipinski definition) is 2. The van der Waals surface area contributed by atoms with Crippen molar-refractivity contribution < 1.29 is 14.4 Å². The maximum atomic E-state index is 11.1. The summed E-state index contributed by atoms with van der Waals surface area (Å²) in [5.41, 5.74) is 3.82. The Morgan fingerprint density at radius 1 is 1.32 bits per heavy atom. The van der Waals surface area contributed by atoms with E-state index in [1.165, 1.54) is 0 Å². The number of unbranched alkanes of at least 4 members (excludes halogenated alkanes) is 1. The van der Waals surface area contributed by atoms with Crippen LogP contribution >= 0.6 is 0 Å². The van der Waals surface area contributed by atoms with Crippen molar-refractivity contribution in [2.75, 3.05) is 13.2 Å². The molecule has 0 saturated carbocycles. The van der Waals surface area contributed by atoms with Crippen LogP contribution in [0.15, 0.2) is 30.3 Å². The predicted molar refractivity (Wildman–Crippen MR) is 72.9 cm³/mol. The van der Waals surface area contributed by atoms with Crippen LogP contribution in [0, 0.1) is 6.54 Å². The van der Waals surface area contributed by atoms with E-state index in [9.17, 15) is 4.79 Å². The van der Waals surface area contributed by atoms with Gasteiger partial charge >= 0.3 is 6.09 Å². The number of hydrogen-bond acceptors (Lipinski definition) is 4. The van der Waals surface area contributed by atoms with Gasteiger partial charge in [-0.25, -0.2) is 10.3 Å². The molecule has 1 aromatic carbocycles. The van der Waals surface area contributed by atoms with Crippen molar-refractivity contribution in [3.05, 3.63) is 42.4 Å². The number of hydroxylamine groups is 1. The molecule has 2 N–H and O–H groups in total. The first-order valence-corrected chi connectivity index (χ1v) is 6.46. The topological polar surface area (TPSA) is 59.6 Å². The van der Waals surface area contributed by atoms with Gasteiger partial charge in [-0.1, -0.05) is 43.7 Å². The van der Waals surface area contributed by atoms with Crippen LogP contribution < -0.4 is 10.8 Å². The van der Waals surface area contributed by atoms with Gasteiger partial charge in [0.2, 0.25) is 0 Å². The number of amides is 1. The average molecular weight is 265 g/mol. The molecule has 0 saturated heterocycles. The molecule has 0 heterocycles. The summed E-state index contributed by atoms with van der Waals surface area (Å²) < 4.78 is 4.91. The fraction of sp³-hybridized carbons (Fsp3) is 0.429. The molecule has 0 unspecified atom stereocenters. The lowest BCUT2D eigenvalue weighted by Crippen LogP contribution is -2.28. The number of benzene rings is 1. The van der Waals surface area contributed by atoms with Gasteiger partial charge in [0.1, 0.15) is 0 Å². The second-order valence-corrected chi connectivity index (χ2v) is 3.96. The molecule has 0 bridgehead atoms. The van der Waals surface area contributed by atoms with E-state index < -0.39 is 6.09 Å². The molecule has 5 nitrogen and oxygen atoms in total. The largest absolute Gasteiger partial charge is 0.450 e. The summed E-state index contributed by atoms with van der Waals surface area (Å²) in [5, 5.41) is 2.51. The van der Waals surface area contributed by atoms with Crippen molar-refractivity contribution in [1.29, 1.82) is 0 Å². The third-order valence-electron chi connectivity index (χ3n) is 2.32. The van der Waals surface area contributed by atoms with Crippen LogP contribution in [0.3, 0.4) is 0 Å². The Bertz CT molecular complexity index is 344. The molecule has 0 aliphatic rings. The molecular weight excluding hydrogens is 244 g/mol. The minimum absolute atomic E-state index is 0.412. The van der Waals surface area contributed by atoms with Crippen LogP contribution in [0.2, 0.25) is 0 Å². The molecule has 105 valence electrons. The molecule has 5 heteroatoms. The molecule has 0 atom stereocenters. The summed E-state index contributed by atoms with van der Waals surface area (Å²) in [6.45, 7) is 4.94. The number of rotatable bonds is 9. The Hall–Kier alpha value is -1.59. The summed E-state index contributed by atoms with van der Waals surface area (Å²) >= 11 is 0. The molecule has 0 spiro atoms. The van der Waals surface area contributed by atoms with Gasteiger partial charge < -0.3 is 10.1 Å². The van der Waals surface area contributed by atoms with Gasteiger partial charge in [-0.2, -0.15) is 0 Å². The van der Waals surface area contributed by atoms with Crippen molar-refractivity contribution in [2.45, 2.75) is 26.4 Å². The average Bonchev–Trinajstić information content (AvgIpc) is 2.44. The van der Waals surface area contributed by atoms with Gasteiger partial charge in [0.25, 0.3) is 0 Å². The Morgan fingerprint density at radius 3 is 2.84 bits per heavy atom. The number of ether oxygens (including phenoxy) is 1. The molecule has 1 rings (SSSR count). The van der Waals surface area contributed by atoms with E-state index in [0.29, 0.717) is 19.8 Å². The highest BCUT2D eigenvalue weighted by Gasteiger charge is 2.00. The van der Waals surface area contributed by atoms with Gasteiger partial charge in [-0.3, -0.25) is 4.84 Å². The van der Waals surface area contributed by atoms with Crippen molar-refractivity contribution in [1.82, 2.24) is 10.8 Å². The zero-order chi connectivity index (χ0) is 13.8. The Morgan fingerprint density at radius 2 is 2.11 bits per heavy atom. The SMILES string of the molecule is CCCCOC(=O)N[CH]CNOCc1ccccc1. The quantitative estimate of drug-likeness (QED) is 0.531. The van der Waals surface area contributed by atoms with Crippen LogP contribution in [0.1, 0.15) is 25.3 Å². The normalized spacial score (nSPS) is 10.2. The maximum absolute atomic E-state index is 11.1. The molecule has 0 fully saturated rings. The predicted octanol–water partition coefficient (Wildman–Crippen LogP) is 2.40. The fourth-order valence-corrected chi connectivity index (χ4v) is 1.29. The summed E-state index contributed by atoms with van der Waals surface area (Å²) in [4.78, 5) is 16.4. The standard InChI is InChI=1S/C14H21N2O3/c1-2-3-11-18-14(17)15-9-10-16-19-12-13-7-5-4-6-8-13/h4-9,16H,2-3,10-12H2,1H3,(H,15,17). The lowest BCUT2D eigenvalue weighted by molar-refractivity contribution is 0.0321. The van der Waals surface area contributed by atoms with Crippen molar-refractivity contribution in [3.8, 4) is 0 Å². The van der Waals surface area contributed by atoms with Crippen LogP contribution in [0.25, 0.3) is 0 Å². The van der Waals surface area contributed by atoms with E-state index in [2.05, 4.69) is 10.8 Å². The van der Waals surface area contributed by atoms with Crippen molar-refractivity contribution in [3.63, 3.8) is 0 Å². The zero-order valence-electron chi connectivity index (χ0n) is 11.2. The lowest BCUT2D eigenvalue weighted by atomic mass is 10.2. The molecule has 1 radical (unpaired) electrons. The molecule has 0 aliphatic heterocycles. The van der Waals surface area contributed by atoms with Crippen LogP contribution in [0.4, 0.5) is 4.79 Å². The summed E-state index contributed by atoms with van der Waals surface area (Å²) in [6, 6.07) is 9.83. The van der Waals surface area contributed by atoms with Gasteiger partial charge in [0.15, 0.2) is 0 Å². The Balaban J connectivity index is 1.92. The summed E-state index contributed by atoms with van der Waals surface area (Å²) in [5.74, 6) is 0. The minimum atomic E-state index is -0.432. The monoisotopic (exact) mass is 265 g/mol. The van der Waals surface area contributed by atoms with Gasteiger partial charge in [0, 0.05) is 6.54 Å². The van der Waals surface area contributed by atoms with Gasteiger partial charge in [-0.05, 0) is 12.0 Å². The summed E-state index contributed by atoms with van der Waals surface area (Å²) in [6.07, 6.45) is 1.45. The Labute approximate surface area is 114 Å². The zero-order valence-corrected chi connectivity index (χ0v) is 11.2. The van der Waals surface area contributed by atoms with E-state index >= 15 is 0 Å². The number of carbonyl (C=O) groups is 1. The second-order valence-electron chi connectivity index (χ2n) is 3.96. The van der Waals surface area contributed by atoms with Crippen LogP contribution in [-0.4, -0.2) is 19.2 Å². The van der Waals surface area contributed by atoms with Gasteiger partial charge in [0.05, 0.1) is 19.8 Å². The van der Waals surface area contributed by atoms with E-state index in [4.69, 9.17) is 9.57 Å². The molecular formula is C14H21N2O3. The van der Waals surface area contributed by atoms with E-state index in [0.717, 1.165) is 18.4 Å². The molecule has 1 aromatic rings. The minimum Gasteiger partial charge on any atom is -0.450 e. The van der Waals surface area contributed by atoms with E-state index in [1.807, 2.05) is 37.3 Å². The molecule has 19 heavy (non-hydrogen) atoms. The number of carbonyl (C=O) groups excluding carboxylic acids is 1. The third-order valence-corrected chi connectivity index (χ3v) is 2.32. The number of alkyl carbamates (subject to hydrolysis) is 1. The first-order valence-electron chi connectivity index (χ1n) is 6.46. The third kappa shape index (κ3) is 8.18. The molecule has 0 aliphatic carbocycles. The smallest absolute Gasteiger partial charge is 0.407 e. The maximum Gasteiger partial charge on any atom is 0.407 e. The van der Waals surface area contributed by atoms with Crippen LogP contribution in [0.5, 0.6) is 0 Å². The first-order chi connectivity index (χ1) is 9.33. The van der Waals surface area contributed by atoms with E-state index in [1.54, 1.807) is 6.54 Å². The lowest BCUT2D eigenvalue weighted by Gasteiger charge is -2.07. The van der Waals surface area contributed by atoms with Crippen molar-refractivity contribution in [2.24, 2.45) is 0 Å². The highest BCUT2D eigenvalue weighted by molar-refractivity contribution is 5.67. The highest BCUT2D eigenvalue weighted by Crippen LogP contribution is 1.98. The van der Waals surface area contributed by atoms with Crippen LogP contribution in [-0.2, 0) is 16.2 Å². The molecule has 0 aromatic heterocycles. The van der Waals surface area contributed by atoms with E-state index in [-0.39, 0.29) is 0 Å². The summed E-state index contributed by atoms with van der Waals surface area (Å²) in [7, 11) is 0. The highest BCUT2D eigenvalue weighted by atomic mass is 16.6. The first kappa shape index (κ1) is 15.5. The Kier molecular flexibility index (Phi) is 8.42. The van der Waals surface area contributed by atoms with Crippen molar-refractivity contribution >= 4 is 6.09 Å². The van der Waals surface area contributed by atoms with Gasteiger partial charge in [-0.15, -0.1) is 0 Å². The second kappa shape index (κ2) is 10.3. The number of nitrogens with one attached hydrogen (secondary N) is 2. The fourth-order valence-electron chi connectivity index (χ4n) is 1.29. The molecule has 1 amide bonds.